The Balaban J connectivity index is 3.27. The lowest BCUT2D eigenvalue weighted by molar-refractivity contribution is -0.151. The van der Waals surface area contributed by atoms with Crippen molar-refractivity contribution >= 4 is 16.0 Å². The van der Waals surface area contributed by atoms with Gasteiger partial charge in [0.25, 0.3) is 0 Å². The van der Waals surface area contributed by atoms with Gasteiger partial charge in [-0.1, -0.05) is 0 Å². The SMILES string of the molecule is COC(=O)C1(NS(C)(=O)=O)CC(C)(C)NC(C)(C)C1. The number of sulfonamides is 1. The summed E-state index contributed by atoms with van der Waals surface area (Å²) in [7, 11) is -2.24. The van der Waals surface area contributed by atoms with E-state index >= 15 is 0 Å². The van der Waals surface area contributed by atoms with E-state index in [0.717, 1.165) is 6.26 Å². The first-order chi connectivity index (χ1) is 8.31. The van der Waals surface area contributed by atoms with Crippen molar-refractivity contribution in [2.75, 3.05) is 13.4 Å². The van der Waals surface area contributed by atoms with Crippen LogP contribution >= 0.6 is 0 Å². The fourth-order valence-electron chi connectivity index (χ4n) is 3.38. The zero-order valence-corrected chi connectivity index (χ0v) is 13.3. The third-order valence-electron chi connectivity index (χ3n) is 3.12. The first kappa shape index (κ1) is 16.4. The van der Waals surface area contributed by atoms with E-state index < -0.39 is 21.5 Å². The number of hydrogen-bond donors (Lipinski definition) is 2. The maximum atomic E-state index is 12.2. The standard InChI is InChI=1S/C12H24N2O4S/c1-10(2)7-12(9(15)18-5,14-19(6,16)17)8-11(3,4)13-10/h13-14H,7-8H2,1-6H3. The van der Waals surface area contributed by atoms with Crippen LogP contribution in [-0.2, 0) is 19.6 Å². The van der Waals surface area contributed by atoms with Crippen LogP contribution in [0.2, 0.25) is 0 Å². The minimum Gasteiger partial charge on any atom is -0.468 e. The Kier molecular flexibility index (Phi) is 4.07. The molecule has 0 spiro atoms. The number of hydrogen-bond acceptors (Lipinski definition) is 5. The van der Waals surface area contributed by atoms with Gasteiger partial charge in [-0.3, -0.25) is 4.79 Å². The monoisotopic (exact) mass is 292 g/mol. The average molecular weight is 292 g/mol. The van der Waals surface area contributed by atoms with Gasteiger partial charge in [-0.2, -0.15) is 4.72 Å². The molecule has 6 nitrogen and oxygen atoms in total. The molecular formula is C12H24N2O4S. The maximum Gasteiger partial charge on any atom is 0.327 e. The summed E-state index contributed by atoms with van der Waals surface area (Å²) >= 11 is 0. The molecule has 0 aromatic heterocycles. The van der Waals surface area contributed by atoms with Gasteiger partial charge in [0.15, 0.2) is 0 Å². The number of esters is 1. The summed E-state index contributed by atoms with van der Waals surface area (Å²) in [5, 5.41) is 3.41. The molecule has 2 N–H and O–H groups in total. The van der Waals surface area contributed by atoms with Crippen LogP contribution in [-0.4, -0.2) is 44.4 Å². The highest BCUT2D eigenvalue weighted by Crippen LogP contribution is 2.37. The molecule has 0 aromatic rings. The van der Waals surface area contributed by atoms with Gasteiger partial charge < -0.3 is 10.1 Å². The Labute approximate surface area is 115 Å². The van der Waals surface area contributed by atoms with Gasteiger partial charge in [-0.25, -0.2) is 8.42 Å². The highest BCUT2D eigenvalue weighted by Gasteiger charge is 2.53. The van der Waals surface area contributed by atoms with Crippen molar-refractivity contribution in [1.82, 2.24) is 10.0 Å². The summed E-state index contributed by atoms with van der Waals surface area (Å²) in [5.41, 5.74) is -1.98. The van der Waals surface area contributed by atoms with Crippen LogP contribution in [0.4, 0.5) is 0 Å². The molecule has 1 fully saturated rings. The maximum absolute atomic E-state index is 12.2. The molecule has 1 saturated heterocycles. The van der Waals surface area contributed by atoms with Crippen molar-refractivity contribution in [3.63, 3.8) is 0 Å². The number of carbonyl (C=O) groups is 1. The van der Waals surface area contributed by atoms with Crippen molar-refractivity contribution in [3.8, 4) is 0 Å². The average Bonchev–Trinajstić information content (AvgIpc) is 2.07. The normalized spacial score (nSPS) is 24.7. The summed E-state index contributed by atoms with van der Waals surface area (Å²) in [4.78, 5) is 12.2. The molecule has 0 bridgehead atoms. The smallest absolute Gasteiger partial charge is 0.327 e. The van der Waals surface area contributed by atoms with Crippen LogP contribution in [0.25, 0.3) is 0 Å². The van der Waals surface area contributed by atoms with Gasteiger partial charge in [-0.05, 0) is 40.5 Å². The number of nitrogens with one attached hydrogen (secondary N) is 2. The van der Waals surface area contributed by atoms with Crippen molar-refractivity contribution in [2.24, 2.45) is 0 Å². The van der Waals surface area contributed by atoms with Gasteiger partial charge in [0.1, 0.15) is 5.54 Å². The number of carbonyl (C=O) groups excluding carboxylic acids is 1. The Morgan fingerprint density at radius 3 is 1.89 bits per heavy atom. The molecule has 1 aliphatic heterocycles. The molecule has 0 atom stereocenters. The molecule has 1 rings (SSSR count). The van der Waals surface area contributed by atoms with E-state index in [1.165, 1.54) is 7.11 Å². The van der Waals surface area contributed by atoms with E-state index in [9.17, 15) is 13.2 Å². The molecule has 112 valence electrons. The quantitative estimate of drug-likeness (QED) is 0.735. The minimum absolute atomic E-state index is 0.336. The largest absolute Gasteiger partial charge is 0.468 e. The topological polar surface area (TPSA) is 84.5 Å². The molecule has 1 aliphatic rings. The lowest BCUT2D eigenvalue weighted by atomic mass is 9.71. The second-order valence-corrected chi connectivity index (χ2v) is 8.44. The molecule has 1 heterocycles. The van der Waals surface area contributed by atoms with E-state index in [1.807, 2.05) is 27.7 Å². The van der Waals surface area contributed by atoms with Crippen molar-refractivity contribution in [1.29, 1.82) is 0 Å². The highest BCUT2D eigenvalue weighted by molar-refractivity contribution is 7.88. The zero-order valence-electron chi connectivity index (χ0n) is 12.5. The Morgan fingerprint density at radius 2 is 1.58 bits per heavy atom. The van der Waals surface area contributed by atoms with Crippen LogP contribution in [0, 0.1) is 0 Å². The van der Waals surface area contributed by atoms with E-state index in [0.29, 0.717) is 12.8 Å². The van der Waals surface area contributed by atoms with E-state index in [4.69, 9.17) is 4.74 Å². The van der Waals surface area contributed by atoms with Crippen molar-refractivity contribution in [3.05, 3.63) is 0 Å². The summed E-state index contributed by atoms with van der Waals surface area (Å²) in [5.74, 6) is -0.541. The number of rotatable bonds is 3. The van der Waals surface area contributed by atoms with E-state index in [2.05, 4.69) is 10.0 Å². The van der Waals surface area contributed by atoms with E-state index in [-0.39, 0.29) is 11.1 Å². The highest BCUT2D eigenvalue weighted by atomic mass is 32.2. The summed E-state index contributed by atoms with van der Waals surface area (Å²) in [6, 6.07) is 0. The second kappa shape index (κ2) is 4.71. The zero-order chi connectivity index (χ0) is 15.1. The third kappa shape index (κ3) is 4.15. The molecule has 0 amide bonds. The first-order valence-corrected chi connectivity index (χ1v) is 8.07. The molecule has 0 saturated carbocycles. The lowest BCUT2D eigenvalue weighted by Gasteiger charge is -2.51. The molecule has 0 radical (unpaired) electrons. The number of methoxy groups -OCH3 is 1. The van der Waals surface area contributed by atoms with Gasteiger partial charge in [0, 0.05) is 11.1 Å². The minimum atomic E-state index is -3.52. The van der Waals surface area contributed by atoms with Gasteiger partial charge in [0.05, 0.1) is 13.4 Å². The first-order valence-electron chi connectivity index (χ1n) is 6.18. The summed E-state index contributed by atoms with van der Waals surface area (Å²) in [6.45, 7) is 7.76. The van der Waals surface area contributed by atoms with Crippen molar-refractivity contribution < 1.29 is 17.9 Å². The van der Waals surface area contributed by atoms with Crippen LogP contribution in [0.3, 0.4) is 0 Å². The second-order valence-electron chi connectivity index (χ2n) is 6.69. The van der Waals surface area contributed by atoms with Crippen LogP contribution < -0.4 is 10.0 Å². The van der Waals surface area contributed by atoms with E-state index in [1.54, 1.807) is 0 Å². The summed E-state index contributed by atoms with van der Waals surface area (Å²) < 4.78 is 30.5. The molecule has 0 unspecified atom stereocenters. The fraction of sp³-hybridized carbons (Fsp3) is 0.917. The van der Waals surface area contributed by atoms with Crippen LogP contribution in [0.15, 0.2) is 0 Å². The molecule has 0 aliphatic carbocycles. The molecular weight excluding hydrogens is 268 g/mol. The van der Waals surface area contributed by atoms with Gasteiger partial charge in [-0.15, -0.1) is 0 Å². The Hall–Kier alpha value is -0.660. The van der Waals surface area contributed by atoms with Crippen LogP contribution in [0.1, 0.15) is 40.5 Å². The lowest BCUT2D eigenvalue weighted by Crippen LogP contribution is -2.70. The van der Waals surface area contributed by atoms with Gasteiger partial charge >= 0.3 is 5.97 Å². The van der Waals surface area contributed by atoms with Crippen molar-refractivity contribution in [2.45, 2.75) is 57.2 Å². The third-order valence-corrected chi connectivity index (χ3v) is 3.88. The Bertz CT molecular complexity index is 452. The fourth-order valence-corrected chi connectivity index (χ4v) is 4.32. The Morgan fingerprint density at radius 1 is 1.16 bits per heavy atom. The summed E-state index contributed by atoms with van der Waals surface area (Å²) in [6.07, 6.45) is 1.73. The molecule has 19 heavy (non-hydrogen) atoms. The molecule has 0 aromatic carbocycles. The predicted octanol–water partition coefficient (Wildman–Crippen LogP) is 0.388. The number of ether oxygens (including phenoxy) is 1. The van der Waals surface area contributed by atoms with Gasteiger partial charge in [0.2, 0.25) is 10.0 Å². The predicted molar refractivity (Wildman–Crippen MR) is 73.3 cm³/mol. The van der Waals surface area contributed by atoms with Crippen LogP contribution in [0.5, 0.6) is 0 Å². The number of piperidine rings is 1. The molecule has 7 heteroatoms.